The maximum atomic E-state index is 11.6. The van der Waals surface area contributed by atoms with Gasteiger partial charge < -0.3 is 9.15 Å². The summed E-state index contributed by atoms with van der Waals surface area (Å²) in [6.45, 7) is 2.21. The normalized spacial score (nSPS) is 10.9. The maximum Gasteiger partial charge on any atom is 0.240 e. The van der Waals surface area contributed by atoms with Crippen LogP contribution in [0.2, 0.25) is 10.0 Å². The van der Waals surface area contributed by atoms with E-state index in [1.54, 1.807) is 24.3 Å². The van der Waals surface area contributed by atoms with E-state index in [2.05, 4.69) is 10.5 Å². The minimum absolute atomic E-state index is 0.199. The number of aryl methyl sites for hydroxylation is 1. The molecule has 1 aromatic carbocycles. The van der Waals surface area contributed by atoms with Crippen molar-refractivity contribution in [3.05, 3.63) is 51.9 Å². The molecule has 1 aromatic heterocycles. The number of rotatable bonds is 7. The highest BCUT2D eigenvalue weighted by Crippen LogP contribution is 2.27. The molecule has 0 unspecified atom stereocenters. The molecule has 0 saturated carbocycles. The zero-order chi connectivity index (χ0) is 16.7. The van der Waals surface area contributed by atoms with Gasteiger partial charge in [0.05, 0.1) is 17.8 Å². The van der Waals surface area contributed by atoms with E-state index in [-0.39, 0.29) is 5.91 Å². The van der Waals surface area contributed by atoms with Gasteiger partial charge in [-0.05, 0) is 43.7 Å². The second kappa shape index (κ2) is 8.60. The molecular formula is C16H16Cl2N2O3. The average Bonchev–Trinajstić information content (AvgIpc) is 2.91. The molecule has 0 bridgehead atoms. The Morgan fingerprint density at radius 3 is 2.87 bits per heavy atom. The molecule has 0 aliphatic rings. The van der Waals surface area contributed by atoms with Gasteiger partial charge in [0, 0.05) is 11.4 Å². The number of hydrogen-bond acceptors (Lipinski definition) is 4. The second-order valence-electron chi connectivity index (χ2n) is 4.77. The molecule has 2 rings (SSSR count). The molecule has 0 spiro atoms. The quantitative estimate of drug-likeness (QED) is 0.460. The first-order chi connectivity index (χ1) is 11.0. The van der Waals surface area contributed by atoms with Crippen LogP contribution in [0, 0.1) is 6.92 Å². The van der Waals surface area contributed by atoms with Crippen molar-refractivity contribution < 1.29 is 13.9 Å². The van der Waals surface area contributed by atoms with Crippen molar-refractivity contribution in [2.24, 2.45) is 5.10 Å². The summed E-state index contributed by atoms with van der Waals surface area (Å²) in [6.07, 6.45) is 2.29. The van der Waals surface area contributed by atoms with Gasteiger partial charge in [-0.1, -0.05) is 23.2 Å². The summed E-state index contributed by atoms with van der Waals surface area (Å²) >= 11 is 11.8. The zero-order valence-corrected chi connectivity index (χ0v) is 14.0. The number of hydrazone groups is 1. The van der Waals surface area contributed by atoms with Crippen molar-refractivity contribution in [1.29, 1.82) is 0 Å². The number of benzene rings is 1. The Balaban J connectivity index is 1.65. The van der Waals surface area contributed by atoms with Crippen LogP contribution in [-0.2, 0) is 4.79 Å². The largest absolute Gasteiger partial charge is 0.492 e. The molecule has 1 N–H and O–H groups in total. The molecule has 0 saturated heterocycles. The summed E-state index contributed by atoms with van der Waals surface area (Å²) in [6, 6.07) is 8.59. The van der Waals surface area contributed by atoms with Gasteiger partial charge in [0.25, 0.3) is 0 Å². The first-order valence-corrected chi connectivity index (χ1v) is 7.76. The molecule has 7 heteroatoms. The summed E-state index contributed by atoms with van der Waals surface area (Å²) < 4.78 is 10.8. The van der Waals surface area contributed by atoms with Crippen LogP contribution in [0.4, 0.5) is 0 Å². The maximum absolute atomic E-state index is 11.6. The average molecular weight is 355 g/mol. The van der Waals surface area contributed by atoms with Crippen LogP contribution in [0.5, 0.6) is 5.75 Å². The van der Waals surface area contributed by atoms with E-state index < -0.39 is 0 Å². The van der Waals surface area contributed by atoms with E-state index in [9.17, 15) is 4.79 Å². The molecule has 0 atom stereocenters. The highest BCUT2D eigenvalue weighted by molar-refractivity contribution is 6.35. The molecule has 0 radical (unpaired) electrons. The first-order valence-electron chi connectivity index (χ1n) is 7.01. The van der Waals surface area contributed by atoms with Crippen LogP contribution in [0.1, 0.15) is 24.4 Å². The molecule has 0 fully saturated rings. The summed E-state index contributed by atoms with van der Waals surface area (Å²) in [5.74, 6) is 1.72. The minimum atomic E-state index is -0.199. The lowest BCUT2D eigenvalue weighted by molar-refractivity contribution is -0.121. The van der Waals surface area contributed by atoms with Crippen LogP contribution in [0.3, 0.4) is 0 Å². The Morgan fingerprint density at radius 1 is 1.35 bits per heavy atom. The number of halogens is 2. The highest BCUT2D eigenvalue weighted by Gasteiger charge is 2.04. The fourth-order valence-electron chi connectivity index (χ4n) is 1.75. The minimum Gasteiger partial charge on any atom is -0.492 e. The molecule has 1 amide bonds. The van der Waals surface area contributed by atoms with Crippen molar-refractivity contribution in [3.63, 3.8) is 0 Å². The van der Waals surface area contributed by atoms with E-state index >= 15 is 0 Å². The Kier molecular flexibility index (Phi) is 6.50. The van der Waals surface area contributed by atoms with Gasteiger partial charge in [0.15, 0.2) is 0 Å². The fraction of sp³-hybridized carbons (Fsp3) is 0.250. The number of nitrogens with one attached hydrogen (secondary N) is 1. The smallest absolute Gasteiger partial charge is 0.240 e. The van der Waals surface area contributed by atoms with E-state index in [4.69, 9.17) is 32.4 Å². The molecule has 23 heavy (non-hydrogen) atoms. The lowest BCUT2D eigenvalue weighted by Gasteiger charge is -2.07. The van der Waals surface area contributed by atoms with E-state index in [0.29, 0.717) is 41.0 Å². The lowest BCUT2D eigenvalue weighted by Crippen LogP contribution is -2.18. The second-order valence-corrected chi connectivity index (χ2v) is 5.61. The topological polar surface area (TPSA) is 63.8 Å². The summed E-state index contributed by atoms with van der Waals surface area (Å²) in [5.41, 5.74) is 2.43. The zero-order valence-electron chi connectivity index (χ0n) is 12.5. The van der Waals surface area contributed by atoms with Crippen molar-refractivity contribution in [2.75, 3.05) is 6.61 Å². The van der Waals surface area contributed by atoms with Crippen molar-refractivity contribution in [2.45, 2.75) is 19.8 Å². The SMILES string of the molecule is Cc1ccc(C=NNC(=O)CCCOc2ccc(Cl)cc2Cl)o1. The predicted molar refractivity (Wildman–Crippen MR) is 90.4 cm³/mol. The number of carbonyl (C=O) groups is 1. The number of amides is 1. The van der Waals surface area contributed by atoms with Gasteiger partial charge in [-0.3, -0.25) is 4.79 Å². The number of furan rings is 1. The van der Waals surface area contributed by atoms with Crippen molar-refractivity contribution in [1.82, 2.24) is 5.43 Å². The predicted octanol–water partition coefficient (Wildman–Crippen LogP) is 4.20. The molecule has 0 aliphatic heterocycles. The van der Waals surface area contributed by atoms with Gasteiger partial charge in [-0.25, -0.2) is 5.43 Å². The standard InChI is InChI=1S/C16H16Cl2N2O3/c1-11-4-6-13(23-11)10-19-20-16(21)3-2-8-22-15-7-5-12(17)9-14(15)18/h4-7,9-10H,2-3,8H2,1H3,(H,20,21). The first kappa shape index (κ1) is 17.4. The molecule has 122 valence electrons. The van der Waals surface area contributed by atoms with Gasteiger partial charge in [0.1, 0.15) is 17.3 Å². The summed E-state index contributed by atoms with van der Waals surface area (Å²) in [5, 5.41) is 4.81. The molecule has 5 nitrogen and oxygen atoms in total. The fourth-order valence-corrected chi connectivity index (χ4v) is 2.22. The van der Waals surface area contributed by atoms with Gasteiger partial charge in [-0.2, -0.15) is 5.10 Å². The van der Waals surface area contributed by atoms with E-state index in [0.717, 1.165) is 5.76 Å². The summed E-state index contributed by atoms with van der Waals surface area (Å²) in [4.78, 5) is 11.6. The third-order valence-corrected chi connectivity index (χ3v) is 3.37. The molecular weight excluding hydrogens is 339 g/mol. The van der Waals surface area contributed by atoms with Crippen molar-refractivity contribution in [3.8, 4) is 5.75 Å². The van der Waals surface area contributed by atoms with Crippen LogP contribution in [0.15, 0.2) is 39.9 Å². The van der Waals surface area contributed by atoms with Crippen LogP contribution in [0.25, 0.3) is 0 Å². The van der Waals surface area contributed by atoms with E-state index in [1.807, 2.05) is 13.0 Å². The number of hydrogen-bond donors (Lipinski definition) is 1. The number of carbonyl (C=O) groups excluding carboxylic acids is 1. The summed E-state index contributed by atoms with van der Waals surface area (Å²) in [7, 11) is 0. The lowest BCUT2D eigenvalue weighted by atomic mass is 10.3. The third-order valence-electron chi connectivity index (χ3n) is 2.84. The third kappa shape index (κ3) is 5.96. The van der Waals surface area contributed by atoms with Gasteiger partial charge in [-0.15, -0.1) is 0 Å². The molecule has 2 aromatic rings. The Labute approximate surface area is 144 Å². The number of nitrogens with zero attached hydrogens (tertiary/aromatic N) is 1. The van der Waals surface area contributed by atoms with E-state index in [1.165, 1.54) is 6.21 Å². The Hall–Kier alpha value is -1.98. The van der Waals surface area contributed by atoms with Crippen LogP contribution >= 0.6 is 23.2 Å². The van der Waals surface area contributed by atoms with Crippen LogP contribution in [-0.4, -0.2) is 18.7 Å². The van der Waals surface area contributed by atoms with Crippen molar-refractivity contribution >= 4 is 35.3 Å². The van der Waals surface area contributed by atoms with Gasteiger partial charge in [0.2, 0.25) is 5.91 Å². The number of ether oxygens (including phenoxy) is 1. The van der Waals surface area contributed by atoms with Crippen LogP contribution < -0.4 is 10.2 Å². The van der Waals surface area contributed by atoms with Gasteiger partial charge >= 0.3 is 0 Å². The Bertz CT molecular complexity index is 698. The Morgan fingerprint density at radius 2 is 2.17 bits per heavy atom. The molecule has 0 aliphatic carbocycles. The molecule has 1 heterocycles. The monoisotopic (exact) mass is 354 g/mol. The highest BCUT2D eigenvalue weighted by atomic mass is 35.5.